The Morgan fingerprint density at radius 2 is 2.10 bits per heavy atom. The van der Waals surface area contributed by atoms with Crippen LogP contribution in [0.1, 0.15) is 26.7 Å². The van der Waals surface area contributed by atoms with Crippen LogP contribution < -0.4 is 5.73 Å². The first-order chi connectivity index (χ1) is 4.50. The fraction of sp³-hybridized carbons (Fsp3) is 0.857. The summed E-state index contributed by atoms with van der Waals surface area (Å²) in [7, 11) is 0. The molecule has 0 radical (unpaired) electrons. The largest absolute Gasteiger partial charge is 0.461 e. The second kappa shape index (κ2) is 2.23. The van der Waals surface area contributed by atoms with Gasteiger partial charge in [0.25, 0.3) is 0 Å². The summed E-state index contributed by atoms with van der Waals surface area (Å²) in [6.45, 7) is 3.30. The van der Waals surface area contributed by atoms with E-state index in [4.69, 9.17) is 10.5 Å². The summed E-state index contributed by atoms with van der Waals surface area (Å²) in [6.07, 6.45) is 2.17. The fourth-order valence-corrected chi connectivity index (χ4v) is 0.489. The Hall–Kier alpha value is -0.570. The lowest BCUT2D eigenvalue weighted by atomic mass is 10.1. The minimum Gasteiger partial charge on any atom is -0.461 e. The molecule has 3 nitrogen and oxygen atoms in total. The van der Waals surface area contributed by atoms with Crippen LogP contribution in [0.5, 0.6) is 0 Å². The predicted molar refractivity (Wildman–Crippen MR) is 37.4 cm³/mol. The smallest absolute Gasteiger partial charge is 0.325 e. The monoisotopic (exact) mass is 143 g/mol. The van der Waals surface area contributed by atoms with Crippen LogP contribution in [0, 0.1) is 0 Å². The lowest BCUT2D eigenvalue weighted by Crippen LogP contribution is -2.43. The van der Waals surface area contributed by atoms with Gasteiger partial charge < -0.3 is 10.5 Å². The summed E-state index contributed by atoms with van der Waals surface area (Å²) in [6, 6.07) is 0. The SMILES string of the molecule is CC(C)(N)C(=O)OC1CC1. The topological polar surface area (TPSA) is 52.3 Å². The molecule has 58 valence electrons. The van der Waals surface area contributed by atoms with E-state index in [0.717, 1.165) is 12.8 Å². The number of esters is 1. The van der Waals surface area contributed by atoms with E-state index in [0.29, 0.717) is 0 Å². The highest BCUT2D eigenvalue weighted by atomic mass is 16.6. The van der Waals surface area contributed by atoms with Crippen LogP contribution in [0.2, 0.25) is 0 Å². The van der Waals surface area contributed by atoms with Gasteiger partial charge in [-0.3, -0.25) is 4.79 Å². The van der Waals surface area contributed by atoms with Gasteiger partial charge in [0.15, 0.2) is 0 Å². The average molecular weight is 143 g/mol. The second-order valence-corrected chi connectivity index (χ2v) is 3.33. The highest BCUT2D eigenvalue weighted by molar-refractivity contribution is 5.79. The van der Waals surface area contributed by atoms with E-state index >= 15 is 0 Å². The van der Waals surface area contributed by atoms with Gasteiger partial charge in [0.05, 0.1) is 0 Å². The molecule has 2 N–H and O–H groups in total. The van der Waals surface area contributed by atoms with Gasteiger partial charge in [-0.15, -0.1) is 0 Å². The molecule has 1 aliphatic rings. The lowest BCUT2D eigenvalue weighted by molar-refractivity contribution is -0.150. The Labute approximate surface area is 60.5 Å². The molecule has 0 aliphatic heterocycles. The molecule has 0 aromatic heterocycles. The molecule has 1 saturated carbocycles. The molecule has 1 fully saturated rings. The van der Waals surface area contributed by atoms with E-state index in [9.17, 15) is 4.79 Å². The molecule has 1 aliphatic carbocycles. The van der Waals surface area contributed by atoms with E-state index in [1.807, 2.05) is 0 Å². The molecular formula is C7H13NO2. The number of rotatable bonds is 2. The normalized spacial score (nSPS) is 18.7. The van der Waals surface area contributed by atoms with Crippen LogP contribution in [0.4, 0.5) is 0 Å². The summed E-state index contributed by atoms with van der Waals surface area (Å²) in [5, 5.41) is 0. The van der Waals surface area contributed by atoms with E-state index in [1.54, 1.807) is 13.8 Å². The first-order valence-electron chi connectivity index (χ1n) is 3.50. The Morgan fingerprint density at radius 1 is 1.60 bits per heavy atom. The van der Waals surface area contributed by atoms with Crippen molar-refractivity contribution in [2.75, 3.05) is 0 Å². The third kappa shape index (κ3) is 1.99. The molecule has 1 rings (SSSR count). The van der Waals surface area contributed by atoms with Gasteiger partial charge in [-0.25, -0.2) is 0 Å². The Balaban J connectivity index is 2.32. The van der Waals surface area contributed by atoms with Crippen molar-refractivity contribution in [3.05, 3.63) is 0 Å². The van der Waals surface area contributed by atoms with Crippen molar-refractivity contribution in [2.45, 2.75) is 38.3 Å². The first kappa shape index (κ1) is 7.54. The van der Waals surface area contributed by atoms with Gasteiger partial charge in [-0.1, -0.05) is 0 Å². The third-order valence-corrected chi connectivity index (χ3v) is 1.32. The van der Waals surface area contributed by atoms with Gasteiger partial charge in [0.1, 0.15) is 11.6 Å². The minimum absolute atomic E-state index is 0.162. The van der Waals surface area contributed by atoms with Gasteiger partial charge >= 0.3 is 5.97 Å². The maximum Gasteiger partial charge on any atom is 0.325 e. The van der Waals surface area contributed by atoms with Crippen molar-refractivity contribution in [1.29, 1.82) is 0 Å². The number of nitrogens with two attached hydrogens (primary N) is 1. The summed E-state index contributed by atoms with van der Waals surface area (Å²) >= 11 is 0. The zero-order valence-corrected chi connectivity index (χ0v) is 6.39. The third-order valence-electron chi connectivity index (χ3n) is 1.32. The quantitative estimate of drug-likeness (QED) is 0.570. The van der Waals surface area contributed by atoms with E-state index in [1.165, 1.54) is 0 Å². The van der Waals surface area contributed by atoms with Crippen molar-refractivity contribution in [3.8, 4) is 0 Å². The highest BCUT2D eigenvalue weighted by Gasteiger charge is 2.31. The molecule has 0 bridgehead atoms. The summed E-state index contributed by atoms with van der Waals surface area (Å²) < 4.78 is 4.96. The molecule has 3 heteroatoms. The van der Waals surface area contributed by atoms with Gasteiger partial charge in [-0.05, 0) is 26.7 Å². The maximum atomic E-state index is 11.0. The molecule has 0 heterocycles. The highest BCUT2D eigenvalue weighted by Crippen LogP contribution is 2.24. The zero-order valence-electron chi connectivity index (χ0n) is 6.39. The molecule has 0 saturated heterocycles. The van der Waals surface area contributed by atoms with Crippen LogP contribution in [-0.2, 0) is 9.53 Å². The van der Waals surface area contributed by atoms with Crippen molar-refractivity contribution in [3.63, 3.8) is 0 Å². The number of carbonyl (C=O) groups excluding carboxylic acids is 1. The summed E-state index contributed by atoms with van der Waals surface area (Å²) in [5.41, 5.74) is 4.65. The van der Waals surface area contributed by atoms with E-state index < -0.39 is 5.54 Å². The second-order valence-electron chi connectivity index (χ2n) is 3.33. The van der Waals surface area contributed by atoms with Gasteiger partial charge in [0, 0.05) is 0 Å². The maximum absolute atomic E-state index is 11.0. The first-order valence-corrected chi connectivity index (χ1v) is 3.50. The van der Waals surface area contributed by atoms with Crippen LogP contribution in [0.3, 0.4) is 0 Å². The van der Waals surface area contributed by atoms with Gasteiger partial charge in [-0.2, -0.15) is 0 Å². The fourth-order valence-electron chi connectivity index (χ4n) is 0.489. The number of carbonyl (C=O) groups is 1. The number of hydrogen-bond acceptors (Lipinski definition) is 3. The van der Waals surface area contributed by atoms with Crippen molar-refractivity contribution in [1.82, 2.24) is 0 Å². The Kier molecular flexibility index (Phi) is 1.68. The minimum atomic E-state index is -0.831. The van der Waals surface area contributed by atoms with Crippen molar-refractivity contribution < 1.29 is 9.53 Å². The molecule has 0 spiro atoms. The molecule has 0 amide bonds. The number of hydrogen-bond donors (Lipinski definition) is 1. The molecular weight excluding hydrogens is 130 g/mol. The Morgan fingerprint density at radius 3 is 2.40 bits per heavy atom. The average Bonchev–Trinajstić information content (AvgIpc) is 2.47. The lowest BCUT2D eigenvalue weighted by Gasteiger charge is -2.15. The predicted octanol–water partition coefficient (Wildman–Crippen LogP) is 0.429. The van der Waals surface area contributed by atoms with E-state index in [-0.39, 0.29) is 12.1 Å². The summed E-state index contributed by atoms with van der Waals surface area (Å²) in [4.78, 5) is 11.0. The zero-order chi connectivity index (χ0) is 7.78. The Bertz CT molecular complexity index is 144. The summed E-state index contributed by atoms with van der Waals surface area (Å²) in [5.74, 6) is -0.296. The molecule has 0 atom stereocenters. The van der Waals surface area contributed by atoms with Crippen LogP contribution in [0.25, 0.3) is 0 Å². The molecule has 0 unspecified atom stereocenters. The van der Waals surface area contributed by atoms with Crippen LogP contribution in [0.15, 0.2) is 0 Å². The van der Waals surface area contributed by atoms with Crippen LogP contribution >= 0.6 is 0 Å². The van der Waals surface area contributed by atoms with E-state index in [2.05, 4.69) is 0 Å². The molecule has 10 heavy (non-hydrogen) atoms. The van der Waals surface area contributed by atoms with Crippen molar-refractivity contribution in [2.24, 2.45) is 5.73 Å². The molecule has 0 aromatic rings. The van der Waals surface area contributed by atoms with Crippen LogP contribution in [-0.4, -0.2) is 17.6 Å². The number of ether oxygens (including phenoxy) is 1. The van der Waals surface area contributed by atoms with Gasteiger partial charge in [0.2, 0.25) is 0 Å². The van der Waals surface area contributed by atoms with Crippen molar-refractivity contribution >= 4 is 5.97 Å². The standard InChI is InChI=1S/C7H13NO2/c1-7(2,8)6(9)10-5-3-4-5/h5H,3-4,8H2,1-2H3. The molecule has 0 aromatic carbocycles.